The number of hydrogen-bond acceptors (Lipinski definition) is 8. The van der Waals surface area contributed by atoms with Crippen LogP contribution in [0.15, 0.2) is 48.8 Å². The van der Waals surface area contributed by atoms with E-state index in [1.54, 1.807) is 18.4 Å². The molecule has 0 atom stereocenters. The van der Waals surface area contributed by atoms with Crippen LogP contribution in [0.5, 0.6) is 11.5 Å². The van der Waals surface area contributed by atoms with Gasteiger partial charge in [0.15, 0.2) is 0 Å². The maximum absolute atomic E-state index is 11.9. The second-order valence-corrected chi connectivity index (χ2v) is 8.27. The number of fused-ring (bicyclic) bond motifs is 1. The van der Waals surface area contributed by atoms with E-state index in [9.17, 15) is 4.79 Å². The normalized spacial score (nSPS) is 14.4. The molecule has 4 rings (SSSR count). The Balaban J connectivity index is 1.43. The lowest BCUT2D eigenvalue weighted by Crippen LogP contribution is -2.54. The molecule has 0 bridgehead atoms. The fourth-order valence-electron chi connectivity index (χ4n) is 3.97. The van der Waals surface area contributed by atoms with Crippen molar-refractivity contribution in [2.45, 2.75) is 20.0 Å². The summed E-state index contributed by atoms with van der Waals surface area (Å²) < 4.78 is 16.5. The number of carbonyl (C=O) groups is 1. The van der Waals surface area contributed by atoms with Crippen LogP contribution in [0.3, 0.4) is 0 Å². The molecule has 9 heteroatoms. The molecule has 2 aromatic carbocycles. The zero-order chi connectivity index (χ0) is 23.9. The van der Waals surface area contributed by atoms with E-state index in [0.717, 1.165) is 53.4 Å². The zero-order valence-electron chi connectivity index (χ0n) is 19.9. The minimum Gasteiger partial charge on any atom is -0.491 e. The van der Waals surface area contributed by atoms with Crippen LogP contribution in [-0.2, 0) is 9.53 Å². The first-order chi connectivity index (χ1) is 16.6. The summed E-state index contributed by atoms with van der Waals surface area (Å²) in [6, 6.07) is 13.4. The molecule has 0 N–H and O–H groups in total. The van der Waals surface area contributed by atoms with E-state index in [1.807, 2.05) is 61.3 Å². The third-order valence-corrected chi connectivity index (χ3v) is 5.58. The molecular formula is C25H31N5O4. The second-order valence-electron chi connectivity index (χ2n) is 8.27. The zero-order valence-corrected chi connectivity index (χ0v) is 19.9. The summed E-state index contributed by atoms with van der Waals surface area (Å²) in [7, 11) is 1.65. The Labute approximate surface area is 199 Å². The Morgan fingerprint density at radius 2 is 1.74 bits per heavy atom. The van der Waals surface area contributed by atoms with Gasteiger partial charge in [0.25, 0.3) is 0 Å². The molecule has 2 heterocycles. The molecule has 1 aliphatic heterocycles. The van der Waals surface area contributed by atoms with Gasteiger partial charge < -0.3 is 19.1 Å². The second kappa shape index (κ2) is 11.1. The summed E-state index contributed by atoms with van der Waals surface area (Å²) in [5.74, 6) is 2.43. The minimum atomic E-state index is 0.105. The number of hydrazine groups is 1. The van der Waals surface area contributed by atoms with Crippen molar-refractivity contribution in [1.82, 2.24) is 15.0 Å². The number of piperazine rings is 1. The van der Waals surface area contributed by atoms with Crippen LogP contribution < -0.4 is 19.4 Å². The van der Waals surface area contributed by atoms with Gasteiger partial charge in [0.2, 0.25) is 6.41 Å². The van der Waals surface area contributed by atoms with Crippen molar-refractivity contribution >= 4 is 28.8 Å². The molecule has 0 spiro atoms. The van der Waals surface area contributed by atoms with Crippen LogP contribution in [0, 0.1) is 0 Å². The van der Waals surface area contributed by atoms with E-state index in [0.29, 0.717) is 26.3 Å². The number of ether oxygens (including phenoxy) is 3. The number of rotatable bonds is 10. The Hall–Kier alpha value is -3.43. The summed E-state index contributed by atoms with van der Waals surface area (Å²) >= 11 is 0. The van der Waals surface area contributed by atoms with E-state index >= 15 is 0 Å². The Kier molecular flexibility index (Phi) is 7.76. The number of hydrogen-bond donors (Lipinski definition) is 0. The molecule has 9 nitrogen and oxygen atoms in total. The highest BCUT2D eigenvalue weighted by Gasteiger charge is 2.24. The van der Waals surface area contributed by atoms with Crippen molar-refractivity contribution in [1.29, 1.82) is 0 Å². The van der Waals surface area contributed by atoms with Crippen molar-refractivity contribution in [3.8, 4) is 11.5 Å². The number of aromatic nitrogens is 2. The lowest BCUT2D eigenvalue weighted by atomic mass is 10.2. The van der Waals surface area contributed by atoms with Crippen molar-refractivity contribution in [2.24, 2.45) is 0 Å². The van der Waals surface area contributed by atoms with Gasteiger partial charge in [-0.2, -0.15) is 0 Å². The van der Waals surface area contributed by atoms with E-state index in [-0.39, 0.29) is 6.10 Å². The largest absolute Gasteiger partial charge is 0.491 e. The van der Waals surface area contributed by atoms with Gasteiger partial charge in [-0.15, -0.1) is 0 Å². The van der Waals surface area contributed by atoms with Crippen LogP contribution >= 0.6 is 0 Å². The van der Waals surface area contributed by atoms with Crippen molar-refractivity contribution < 1.29 is 19.0 Å². The fraction of sp³-hybridized carbons (Fsp3) is 0.400. The Morgan fingerprint density at radius 1 is 1.00 bits per heavy atom. The van der Waals surface area contributed by atoms with Gasteiger partial charge in [0.1, 0.15) is 30.3 Å². The van der Waals surface area contributed by atoms with Crippen molar-refractivity contribution in [2.75, 3.05) is 56.4 Å². The quantitative estimate of drug-likeness (QED) is 0.334. The van der Waals surface area contributed by atoms with Gasteiger partial charge in [-0.1, -0.05) is 0 Å². The van der Waals surface area contributed by atoms with Crippen LogP contribution in [0.4, 0.5) is 11.5 Å². The van der Waals surface area contributed by atoms with E-state index in [2.05, 4.69) is 14.9 Å². The third kappa shape index (κ3) is 5.55. The average Bonchev–Trinajstić information content (AvgIpc) is 2.85. The van der Waals surface area contributed by atoms with Gasteiger partial charge in [0, 0.05) is 44.7 Å². The molecule has 1 aromatic heterocycles. The monoisotopic (exact) mass is 465 g/mol. The Morgan fingerprint density at radius 3 is 2.41 bits per heavy atom. The molecule has 0 unspecified atom stereocenters. The van der Waals surface area contributed by atoms with Gasteiger partial charge in [0.05, 0.1) is 23.9 Å². The van der Waals surface area contributed by atoms with E-state index in [4.69, 9.17) is 14.2 Å². The number of nitrogens with zero attached hydrogens (tertiary/aromatic N) is 5. The first-order valence-corrected chi connectivity index (χ1v) is 11.5. The molecule has 3 aromatic rings. The summed E-state index contributed by atoms with van der Waals surface area (Å²) in [6.07, 6.45) is 2.55. The molecule has 34 heavy (non-hydrogen) atoms. The van der Waals surface area contributed by atoms with Gasteiger partial charge >= 0.3 is 0 Å². The standard InChI is InChI=1S/C25H31N5O4/c1-19(2)34-21-6-4-20(5-7-21)30(18-31)29-12-10-28(11-13-29)25-23-9-8-22(33-15-14-32-3)16-24(23)26-17-27-25/h4-9,16-19H,10-15H2,1-3H3. The molecular weight excluding hydrogens is 434 g/mol. The molecule has 1 aliphatic rings. The first-order valence-electron chi connectivity index (χ1n) is 11.5. The highest BCUT2D eigenvalue weighted by atomic mass is 16.5. The van der Waals surface area contributed by atoms with Crippen molar-refractivity contribution in [3.63, 3.8) is 0 Å². The van der Waals surface area contributed by atoms with E-state index < -0.39 is 0 Å². The highest BCUT2D eigenvalue weighted by Crippen LogP contribution is 2.28. The van der Waals surface area contributed by atoms with Crippen LogP contribution in [0.2, 0.25) is 0 Å². The third-order valence-electron chi connectivity index (χ3n) is 5.58. The summed E-state index contributed by atoms with van der Waals surface area (Å²) in [6.45, 7) is 7.84. The topological polar surface area (TPSA) is 80.3 Å². The maximum atomic E-state index is 11.9. The predicted octanol–water partition coefficient (Wildman–Crippen LogP) is 3.14. The smallest absolute Gasteiger partial charge is 0.228 e. The van der Waals surface area contributed by atoms with Gasteiger partial charge in [-0.25, -0.2) is 20.0 Å². The first kappa shape index (κ1) is 23.7. The summed E-state index contributed by atoms with van der Waals surface area (Å²) in [5.41, 5.74) is 1.65. The Bertz CT molecular complexity index is 1080. The van der Waals surface area contributed by atoms with Gasteiger partial charge in [-0.05, 0) is 50.2 Å². The van der Waals surface area contributed by atoms with Gasteiger partial charge in [-0.3, -0.25) is 4.79 Å². The number of carbonyl (C=O) groups excluding carboxylic acids is 1. The number of methoxy groups -OCH3 is 1. The molecule has 1 saturated heterocycles. The van der Waals surface area contributed by atoms with E-state index in [1.165, 1.54) is 0 Å². The van der Waals surface area contributed by atoms with Crippen LogP contribution in [-0.4, -0.2) is 74.0 Å². The molecule has 0 aliphatic carbocycles. The minimum absolute atomic E-state index is 0.105. The number of benzene rings is 2. The maximum Gasteiger partial charge on any atom is 0.228 e. The van der Waals surface area contributed by atoms with Crippen molar-refractivity contribution in [3.05, 3.63) is 48.8 Å². The number of anilines is 2. The fourth-order valence-corrected chi connectivity index (χ4v) is 3.97. The lowest BCUT2D eigenvalue weighted by Gasteiger charge is -2.40. The average molecular weight is 466 g/mol. The van der Waals surface area contributed by atoms with Crippen LogP contribution in [0.25, 0.3) is 10.9 Å². The predicted molar refractivity (Wildman–Crippen MR) is 131 cm³/mol. The molecule has 1 fully saturated rings. The summed E-state index contributed by atoms with van der Waals surface area (Å²) in [5, 5.41) is 4.69. The number of amides is 1. The summed E-state index contributed by atoms with van der Waals surface area (Å²) in [4.78, 5) is 23.1. The molecule has 180 valence electrons. The lowest BCUT2D eigenvalue weighted by molar-refractivity contribution is -0.110. The van der Waals surface area contributed by atoms with Crippen LogP contribution in [0.1, 0.15) is 13.8 Å². The SMILES string of the molecule is COCCOc1ccc2c(N3CCN(N(C=O)c4ccc(OC(C)C)cc4)CC3)ncnc2c1. The molecule has 1 amide bonds. The molecule has 0 saturated carbocycles. The highest BCUT2D eigenvalue weighted by molar-refractivity contribution is 5.90. The molecule has 0 radical (unpaired) electrons.